The van der Waals surface area contributed by atoms with E-state index in [2.05, 4.69) is 10.1 Å². The molecule has 10 heteroatoms. The van der Waals surface area contributed by atoms with Crippen LogP contribution in [0.2, 0.25) is 0 Å². The maximum atomic E-state index is 12.9. The molecule has 9 nitrogen and oxygen atoms in total. The SMILES string of the molecule is Cc1ccc(S(=O)(=O)N2C(=O)CCC2C(=O)ON=C(N)c2ccncc2)cc1. The number of pyridine rings is 1. The molecular weight excluding hydrogens is 384 g/mol. The normalized spacial score (nSPS) is 17.6. The summed E-state index contributed by atoms with van der Waals surface area (Å²) in [5, 5.41) is 3.55. The van der Waals surface area contributed by atoms with Gasteiger partial charge in [0.05, 0.1) is 4.90 Å². The van der Waals surface area contributed by atoms with Gasteiger partial charge in [0.2, 0.25) is 5.91 Å². The van der Waals surface area contributed by atoms with Crippen molar-refractivity contribution in [2.45, 2.75) is 30.7 Å². The predicted octanol–water partition coefficient (Wildman–Crippen LogP) is 0.933. The van der Waals surface area contributed by atoms with Crippen LogP contribution >= 0.6 is 0 Å². The molecule has 3 rings (SSSR count). The lowest BCUT2D eigenvalue weighted by Crippen LogP contribution is -2.43. The molecule has 0 aliphatic carbocycles. The number of sulfonamides is 1. The van der Waals surface area contributed by atoms with E-state index in [4.69, 9.17) is 10.6 Å². The Balaban J connectivity index is 1.82. The lowest BCUT2D eigenvalue weighted by Gasteiger charge is -2.22. The van der Waals surface area contributed by atoms with Crippen molar-refractivity contribution in [3.8, 4) is 0 Å². The zero-order valence-electron chi connectivity index (χ0n) is 15.0. The predicted molar refractivity (Wildman–Crippen MR) is 99.3 cm³/mol. The van der Waals surface area contributed by atoms with Crippen molar-refractivity contribution < 1.29 is 22.8 Å². The summed E-state index contributed by atoms with van der Waals surface area (Å²) in [6.07, 6.45) is 2.90. The summed E-state index contributed by atoms with van der Waals surface area (Å²) >= 11 is 0. The molecule has 0 spiro atoms. The molecule has 1 saturated heterocycles. The van der Waals surface area contributed by atoms with Gasteiger partial charge in [-0.05, 0) is 37.6 Å². The van der Waals surface area contributed by atoms with Crippen molar-refractivity contribution >= 4 is 27.7 Å². The summed E-state index contributed by atoms with van der Waals surface area (Å²) in [6.45, 7) is 1.81. The van der Waals surface area contributed by atoms with Crippen molar-refractivity contribution in [1.82, 2.24) is 9.29 Å². The second kappa shape index (κ2) is 7.77. The first-order valence-electron chi connectivity index (χ1n) is 8.39. The fourth-order valence-corrected chi connectivity index (χ4v) is 4.32. The Morgan fingerprint density at radius 1 is 1.21 bits per heavy atom. The van der Waals surface area contributed by atoms with Gasteiger partial charge < -0.3 is 10.6 Å². The highest BCUT2D eigenvalue weighted by Crippen LogP contribution is 2.28. The number of hydrogen-bond donors (Lipinski definition) is 1. The maximum absolute atomic E-state index is 12.9. The molecule has 28 heavy (non-hydrogen) atoms. The Labute approximate surface area is 161 Å². The second-order valence-corrected chi connectivity index (χ2v) is 8.00. The number of benzene rings is 1. The van der Waals surface area contributed by atoms with Crippen molar-refractivity contribution in [2.75, 3.05) is 0 Å². The van der Waals surface area contributed by atoms with Gasteiger partial charge in [-0.25, -0.2) is 17.5 Å². The maximum Gasteiger partial charge on any atom is 0.358 e. The van der Waals surface area contributed by atoms with Crippen LogP contribution in [-0.4, -0.2) is 41.5 Å². The molecule has 1 fully saturated rings. The van der Waals surface area contributed by atoms with Gasteiger partial charge >= 0.3 is 5.97 Å². The topological polar surface area (TPSA) is 132 Å². The summed E-state index contributed by atoms with van der Waals surface area (Å²) in [5.74, 6) is -1.72. The largest absolute Gasteiger partial charge is 0.380 e. The van der Waals surface area contributed by atoms with E-state index in [1.807, 2.05) is 6.92 Å². The number of carbonyl (C=O) groups excluding carboxylic acids is 2. The minimum absolute atomic E-state index is 0.00738. The number of rotatable bonds is 5. The van der Waals surface area contributed by atoms with Crippen LogP contribution in [0.15, 0.2) is 58.8 Å². The first kappa shape index (κ1) is 19.5. The van der Waals surface area contributed by atoms with Crippen LogP contribution in [0.1, 0.15) is 24.0 Å². The highest BCUT2D eigenvalue weighted by molar-refractivity contribution is 7.89. The molecule has 1 aliphatic heterocycles. The zero-order chi connectivity index (χ0) is 20.3. The third-order valence-electron chi connectivity index (χ3n) is 4.22. The molecule has 2 N–H and O–H groups in total. The number of aromatic nitrogens is 1. The third-order valence-corrected chi connectivity index (χ3v) is 6.06. The Hall–Kier alpha value is -3.27. The van der Waals surface area contributed by atoms with Crippen LogP contribution in [-0.2, 0) is 24.4 Å². The van der Waals surface area contributed by atoms with Crippen LogP contribution in [0, 0.1) is 6.92 Å². The lowest BCUT2D eigenvalue weighted by atomic mass is 10.2. The van der Waals surface area contributed by atoms with Gasteiger partial charge in [0.25, 0.3) is 10.0 Å². The molecular formula is C18H18N4O5S. The molecule has 1 unspecified atom stereocenters. The van der Waals surface area contributed by atoms with Crippen LogP contribution in [0.4, 0.5) is 0 Å². The number of oxime groups is 1. The fourth-order valence-electron chi connectivity index (χ4n) is 2.73. The van der Waals surface area contributed by atoms with Gasteiger partial charge in [-0.1, -0.05) is 22.9 Å². The lowest BCUT2D eigenvalue weighted by molar-refractivity contribution is -0.149. The standard InChI is InChI=1S/C18H18N4O5S/c1-12-2-4-14(5-3-12)28(25,26)22-15(6-7-16(22)23)18(24)27-21-17(19)13-8-10-20-11-9-13/h2-5,8-11,15H,6-7H2,1H3,(H2,19,21). The first-order chi connectivity index (χ1) is 13.3. The van der Waals surface area contributed by atoms with E-state index in [0.29, 0.717) is 9.87 Å². The molecule has 2 aromatic rings. The van der Waals surface area contributed by atoms with E-state index < -0.39 is 27.9 Å². The molecule has 0 bridgehead atoms. The molecule has 1 amide bonds. The zero-order valence-corrected chi connectivity index (χ0v) is 15.8. The van der Waals surface area contributed by atoms with E-state index in [9.17, 15) is 18.0 Å². The minimum atomic E-state index is -4.19. The fraction of sp³-hybridized carbons (Fsp3) is 0.222. The van der Waals surface area contributed by atoms with Crippen molar-refractivity contribution in [1.29, 1.82) is 0 Å². The van der Waals surface area contributed by atoms with Crippen LogP contribution in [0.5, 0.6) is 0 Å². The van der Waals surface area contributed by atoms with Gasteiger partial charge in [-0.3, -0.25) is 9.78 Å². The highest BCUT2D eigenvalue weighted by atomic mass is 32.2. The van der Waals surface area contributed by atoms with E-state index >= 15 is 0 Å². The number of amides is 1. The van der Waals surface area contributed by atoms with E-state index in [0.717, 1.165) is 5.56 Å². The van der Waals surface area contributed by atoms with Crippen LogP contribution < -0.4 is 5.73 Å². The number of carbonyl (C=O) groups is 2. The number of amidine groups is 1. The Kier molecular flexibility index (Phi) is 5.41. The molecule has 0 radical (unpaired) electrons. The van der Waals surface area contributed by atoms with Crippen LogP contribution in [0.25, 0.3) is 0 Å². The van der Waals surface area contributed by atoms with E-state index in [-0.39, 0.29) is 23.6 Å². The Morgan fingerprint density at radius 3 is 2.50 bits per heavy atom. The van der Waals surface area contributed by atoms with Gasteiger partial charge in [-0.2, -0.15) is 0 Å². The third kappa shape index (κ3) is 3.86. The summed E-state index contributed by atoms with van der Waals surface area (Å²) < 4.78 is 26.3. The average molecular weight is 402 g/mol. The Bertz CT molecular complexity index is 1020. The summed E-state index contributed by atoms with van der Waals surface area (Å²) in [5.41, 5.74) is 7.09. The molecule has 2 heterocycles. The van der Waals surface area contributed by atoms with Crippen molar-refractivity contribution in [2.24, 2.45) is 10.9 Å². The molecule has 0 saturated carbocycles. The average Bonchev–Trinajstić information content (AvgIpc) is 3.09. The molecule has 1 atom stereocenters. The second-order valence-electron chi connectivity index (χ2n) is 6.18. The van der Waals surface area contributed by atoms with Crippen LogP contribution in [0.3, 0.4) is 0 Å². The molecule has 1 aromatic heterocycles. The first-order valence-corrected chi connectivity index (χ1v) is 9.83. The van der Waals surface area contributed by atoms with Gasteiger partial charge in [0.15, 0.2) is 5.84 Å². The molecule has 1 aliphatic rings. The van der Waals surface area contributed by atoms with Crippen molar-refractivity contribution in [3.05, 3.63) is 59.9 Å². The Morgan fingerprint density at radius 2 is 1.86 bits per heavy atom. The number of hydrogen-bond acceptors (Lipinski definition) is 7. The quantitative estimate of drug-likeness (QED) is 0.340. The monoisotopic (exact) mass is 402 g/mol. The van der Waals surface area contributed by atoms with Gasteiger partial charge in [-0.15, -0.1) is 0 Å². The minimum Gasteiger partial charge on any atom is -0.380 e. The van der Waals surface area contributed by atoms with Crippen molar-refractivity contribution in [3.63, 3.8) is 0 Å². The van der Waals surface area contributed by atoms with Gasteiger partial charge in [0, 0.05) is 24.4 Å². The summed E-state index contributed by atoms with van der Waals surface area (Å²) in [6, 6.07) is 7.84. The summed E-state index contributed by atoms with van der Waals surface area (Å²) in [7, 11) is -4.19. The number of nitrogens with zero attached hydrogens (tertiary/aromatic N) is 3. The number of aryl methyl sites for hydroxylation is 1. The smallest absolute Gasteiger partial charge is 0.358 e. The molecule has 146 valence electrons. The van der Waals surface area contributed by atoms with Gasteiger partial charge in [0.1, 0.15) is 6.04 Å². The number of nitrogens with two attached hydrogens (primary N) is 1. The summed E-state index contributed by atoms with van der Waals surface area (Å²) in [4.78, 5) is 33.2. The van der Waals surface area contributed by atoms with E-state index in [1.54, 1.807) is 24.3 Å². The molecule has 1 aromatic carbocycles. The highest BCUT2D eigenvalue weighted by Gasteiger charge is 2.45. The van der Waals surface area contributed by atoms with E-state index in [1.165, 1.54) is 24.5 Å².